The van der Waals surface area contributed by atoms with Crippen molar-refractivity contribution in [1.82, 2.24) is 25.6 Å². The molecule has 0 bridgehead atoms. The number of aromatic amines is 1. The summed E-state index contributed by atoms with van der Waals surface area (Å²) in [5.74, 6) is 1.06. The lowest BCUT2D eigenvalue weighted by molar-refractivity contribution is -0.125. The molecule has 0 radical (unpaired) electrons. The number of nitrogens with zero attached hydrogens (tertiary/aromatic N) is 2. The number of fused-ring (bicyclic) bond motifs is 1. The van der Waals surface area contributed by atoms with Crippen LogP contribution in [0, 0.1) is 5.92 Å². The Kier molecular flexibility index (Phi) is 5.78. The summed E-state index contributed by atoms with van der Waals surface area (Å²) < 4.78 is 0. The Morgan fingerprint density at radius 1 is 1.19 bits per heavy atom. The third-order valence-corrected chi connectivity index (χ3v) is 6.55. The van der Waals surface area contributed by atoms with Gasteiger partial charge in [-0.15, -0.1) is 0 Å². The Bertz CT molecular complexity index is 1080. The van der Waals surface area contributed by atoms with Crippen LogP contribution in [0.2, 0.25) is 5.15 Å². The Morgan fingerprint density at radius 2 is 2.10 bits per heavy atom. The van der Waals surface area contributed by atoms with E-state index in [1.54, 1.807) is 6.20 Å². The fourth-order valence-electron chi connectivity index (χ4n) is 4.78. The molecule has 2 fully saturated rings. The summed E-state index contributed by atoms with van der Waals surface area (Å²) in [5.41, 5.74) is 2.90. The minimum atomic E-state index is 0.108. The van der Waals surface area contributed by atoms with Crippen molar-refractivity contribution in [2.75, 3.05) is 18.4 Å². The summed E-state index contributed by atoms with van der Waals surface area (Å²) >= 11 is 6.37. The van der Waals surface area contributed by atoms with Crippen LogP contribution in [0.5, 0.6) is 0 Å². The van der Waals surface area contributed by atoms with Gasteiger partial charge in [-0.3, -0.25) is 4.79 Å². The number of H-pyrrole nitrogens is 1. The highest BCUT2D eigenvalue weighted by molar-refractivity contribution is 6.29. The van der Waals surface area contributed by atoms with Crippen LogP contribution < -0.4 is 16.0 Å². The lowest BCUT2D eigenvalue weighted by atomic mass is 9.90. The van der Waals surface area contributed by atoms with E-state index < -0.39 is 0 Å². The van der Waals surface area contributed by atoms with Gasteiger partial charge in [0.2, 0.25) is 5.91 Å². The van der Waals surface area contributed by atoms with Crippen LogP contribution in [-0.4, -0.2) is 46.0 Å². The Hall–Kier alpha value is -2.64. The average Bonchev–Trinajstić information content (AvgIpc) is 3.44. The molecule has 7 nitrogen and oxygen atoms in total. The first-order valence-corrected chi connectivity index (χ1v) is 11.4. The fraction of sp³-hybridized carbons (Fsp3) is 0.435. The maximum absolute atomic E-state index is 12.5. The zero-order valence-electron chi connectivity index (χ0n) is 17.3. The largest absolute Gasteiger partial charge is 0.367 e. The van der Waals surface area contributed by atoms with Gasteiger partial charge in [0.1, 0.15) is 16.6 Å². The van der Waals surface area contributed by atoms with E-state index in [9.17, 15) is 4.79 Å². The summed E-state index contributed by atoms with van der Waals surface area (Å²) in [7, 11) is 0. The number of aromatic nitrogens is 3. The number of amides is 1. The molecule has 0 spiro atoms. The lowest BCUT2D eigenvalue weighted by Crippen LogP contribution is -2.44. The van der Waals surface area contributed by atoms with Crippen molar-refractivity contribution < 1.29 is 4.79 Å². The first-order chi connectivity index (χ1) is 15.2. The molecule has 162 valence electrons. The van der Waals surface area contributed by atoms with Crippen molar-refractivity contribution in [2.24, 2.45) is 5.92 Å². The molecule has 3 aromatic heterocycles. The van der Waals surface area contributed by atoms with E-state index in [1.807, 2.05) is 30.5 Å². The van der Waals surface area contributed by atoms with Crippen LogP contribution in [0.3, 0.4) is 0 Å². The second-order valence-electron chi connectivity index (χ2n) is 8.57. The summed E-state index contributed by atoms with van der Waals surface area (Å²) in [6, 6.07) is 8.35. The van der Waals surface area contributed by atoms with E-state index in [0.29, 0.717) is 5.15 Å². The highest BCUT2D eigenvalue weighted by atomic mass is 35.5. The highest BCUT2D eigenvalue weighted by Gasteiger charge is 2.28. The first-order valence-electron chi connectivity index (χ1n) is 11.0. The van der Waals surface area contributed by atoms with E-state index in [4.69, 9.17) is 11.6 Å². The van der Waals surface area contributed by atoms with Gasteiger partial charge in [0.05, 0.1) is 5.92 Å². The number of carbonyl (C=O) groups excluding carboxylic acids is 1. The van der Waals surface area contributed by atoms with E-state index in [-0.39, 0.29) is 23.9 Å². The SMILES string of the molecule is O=C(NC1CCCC(Nc2cc(-c3c[nH]c4ncccc34)cc(Cl)n2)C1)C1CCNC1. The van der Waals surface area contributed by atoms with Crippen molar-refractivity contribution in [3.05, 3.63) is 41.8 Å². The third-order valence-electron chi connectivity index (χ3n) is 6.36. The van der Waals surface area contributed by atoms with Gasteiger partial charge < -0.3 is 20.9 Å². The maximum Gasteiger partial charge on any atom is 0.224 e. The molecule has 1 saturated carbocycles. The van der Waals surface area contributed by atoms with Crippen molar-refractivity contribution in [3.63, 3.8) is 0 Å². The molecular weight excluding hydrogens is 412 g/mol. The molecule has 2 aliphatic rings. The van der Waals surface area contributed by atoms with Crippen molar-refractivity contribution in [3.8, 4) is 11.1 Å². The number of pyridine rings is 2. The molecule has 4 heterocycles. The number of hydrogen-bond donors (Lipinski definition) is 4. The monoisotopic (exact) mass is 438 g/mol. The Labute approximate surface area is 186 Å². The summed E-state index contributed by atoms with van der Waals surface area (Å²) in [4.78, 5) is 24.6. The van der Waals surface area contributed by atoms with E-state index in [0.717, 1.165) is 73.2 Å². The number of rotatable bonds is 5. The molecule has 1 amide bonds. The average molecular weight is 439 g/mol. The Balaban J connectivity index is 1.29. The number of nitrogens with one attached hydrogen (secondary N) is 4. The molecule has 1 aliphatic carbocycles. The predicted octanol–water partition coefficient (Wildman–Crippen LogP) is 3.73. The zero-order chi connectivity index (χ0) is 21.2. The lowest BCUT2D eigenvalue weighted by Gasteiger charge is -2.31. The summed E-state index contributed by atoms with van der Waals surface area (Å²) in [5, 5.41) is 11.6. The van der Waals surface area contributed by atoms with Crippen LogP contribution in [0.4, 0.5) is 5.82 Å². The Morgan fingerprint density at radius 3 is 2.97 bits per heavy atom. The van der Waals surface area contributed by atoms with Crippen molar-refractivity contribution in [1.29, 1.82) is 0 Å². The summed E-state index contributed by atoms with van der Waals surface area (Å²) in [6.07, 6.45) is 8.71. The first kappa shape index (κ1) is 20.3. The van der Waals surface area contributed by atoms with Gasteiger partial charge in [-0.1, -0.05) is 11.6 Å². The van der Waals surface area contributed by atoms with Gasteiger partial charge in [0.25, 0.3) is 0 Å². The second-order valence-corrected chi connectivity index (χ2v) is 8.96. The molecule has 3 atom stereocenters. The quantitative estimate of drug-likeness (QED) is 0.455. The molecule has 8 heteroatoms. The van der Waals surface area contributed by atoms with Crippen LogP contribution in [-0.2, 0) is 4.79 Å². The minimum Gasteiger partial charge on any atom is -0.367 e. The molecule has 1 saturated heterocycles. The number of anilines is 1. The zero-order valence-corrected chi connectivity index (χ0v) is 18.1. The number of halogens is 1. The van der Waals surface area contributed by atoms with Gasteiger partial charge in [0.15, 0.2) is 0 Å². The van der Waals surface area contributed by atoms with Gasteiger partial charge >= 0.3 is 0 Å². The molecule has 4 N–H and O–H groups in total. The molecule has 1 aliphatic heterocycles. The smallest absolute Gasteiger partial charge is 0.224 e. The highest BCUT2D eigenvalue weighted by Crippen LogP contribution is 2.31. The van der Waals surface area contributed by atoms with Gasteiger partial charge in [-0.25, -0.2) is 9.97 Å². The van der Waals surface area contributed by atoms with Crippen LogP contribution in [0.15, 0.2) is 36.7 Å². The van der Waals surface area contributed by atoms with Crippen LogP contribution in [0.25, 0.3) is 22.2 Å². The predicted molar refractivity (Wildman–Crippen MR) is 123 cm³/mol. The maximum atomic E-state index is 12.5. The normalized spacial score (nSPS) is 23.7. The molecule has 3 aromatic rings. The summed E-state index contributed by atoms with van der Waals surface area (Å²) in [6.45, 7) is 1.72. The number of carbonyl (C=O) groups is 1. The van der Waals surface area contributed by atoms with E-state index in [2.05, 4.69) is 30.9 Å². The van der Waals surface area contributed by atoms with Gasteiger partial charge in [0, 0.05) is 42.0 Å². The molecule has 3 unspecified atom stereocenters. The second kappa shape index (κ2) is 8.85. The topological polar surface area (TPSA) is 94.7 Å². The van der Waals surface area contributed by atoms with Crippen molar-refractivity contribution >= 4 is 34.4 Å². The number of hydrogen-bond acceptors (Lipinski definition) is 5. The van der Waals surface area contributed by atoms with E-state index >= 15 is 0 Å². The minimum absolute atomic E-state index is 0.108. The third kappa shape index (κ3) is 4.52. The van der Waals surface area contributed by atoms with Gasteiger partial charge in [-0.05, 0) is 68.5 Å². The molecule has 31 heavy (non-hydrogen) atoms. The molecular formula is C23H27ClN6O. The standard InChI is InChI=1S/C23H27ClN6O/c24-20-9-15(19-13-27-22-18(19)5-2-7-26-22)10-21(30-20)28-16-3-1-4-17(11-16)29-23(31)14-6-8-25-12-14/h2,5,7,9-10,13-14,16-17,25H,1,3-4,6,8,11-12H2,(H,26,27)(H,28,30)(H,29,31). The van der Waals surface area contributed by atoms with Gasteiger partial charge in [-0.2, -0.15) is 0 Å². The van der Waals surface area contributed by atoms with Crippen LogP contribution >= 0.6 is 11.6 Å². The van der Waals surface area contributed by atoms with Crippen molar-refractivity contribution in [2.45, 2.75) is 44.2 Å². The van der Waals surface area contributed by atoms with E-state index in [1.165, 1.54) is 0 Å². The fourth-order valence-corrected chi connectivity index (χ4v) is 4.99. The molecule has 0 aromatic carbocycles. The van der Waals surface area contributed by atoms with Crippen LogP contribution in [0.1, 0.15) is 32.1 Å². The molecule has 5 rings (SSSR count).